The lowest BCUT2D eigenvalue weighted by atomic mass is 10.1. The molecule has 1 fully saturated rings. The molecule has 18 heavy (non-hydrogen) atoms. The van der Waals surface area contributed by atoms with Crippen LogP contribution in [0.1, 0.15) is 31.4 Å². The van der Waals surface area contributed by atoms with Gasteiger partial charge in [-0.05, 0) is 37.5 Å². The van der Waals surface area contributed by atoms with Crippen LogP contribution in [0.4, 0.5) is 0 Å². The van der Waals surface area contributed by atoms with E-state index >= 15 is 0 Å². The lowest BCUT2D eigenvalue weighted by Gasteiger charge is -2.26. The molecule has 0 radical (unpaired) electrons. The largest absolute Gasteiger partial charge is 0.306 e. The Morgan fingerprint density at radius 2 is 2.00 bits per heavy atom. The van der Waals surface area contributed by atoms with Gasteiger partial charge >= 0.3 is 0 Å². The molecule has 3 nitrogen and oxygen atoms in total. The summed E-state index contributed by atoms with van der Waals surface area (Å²) in [5.74, 6) is 0.617. The smallest absolute Gasteiger partial charge is 0.151 e. The second kappa shape index (κ2) is 5.72. The number of hydrogen-bond acceptors (Lipinski definition) is 3. The van der Waals surface area contributed by atoms with E-state index in [0.29, 0.717) is 5.75 Å². The molecule has 100 valence electrons. The van der Waals surface area contributed by atoms with Crippen molar-refractivity contribution in [1.29, 1.82) is 0 Å². The van der Waals surface area contributed by atoms with Crippen molar-refractivity contribution in [1.82, 2.24) is 5.32 Å². The van der Waals surface area contributed by atoms with Crippen molar-refractivity contribution < 1.29 is 8.42 Å². The number of hydrogen-bond donors (Lipinski definition) is 1. The number of nitrogens with one attached hydrogen (secondary N) is 1. The van der Waals surface area contributed by atoms with Crippen LogP contribution < -0.4 is 5.32 Å². The quantitative estimate of drug-likeness (QED) is 0.926. The van der Waals surface area contributed by atoms with Gasteiger partial charge in [0.1, 0.15) is 0 Å². The molecule has 0 amide bonds. The summed E-state index contributed by atoms with van der Waals surface area (Å²) < 4.78 is 24.2. The monoisotopic (exact) mass is 331 g/mol. The molecule has 1 saturated heterocycles. The van der Waals surface area contributed by atoms with Gasteiger partial charge in [0.2, 0.25) is 0 Å². The van der Waals surface area contributed by atoms with Crippen LogP contribution in [0.2, 0.25) is 0 Å². The van der Waals surface area contributed by atoms with Gasteiger partial charge in [-0.1, -0.05) is 28.1 Å². The van der Waals surface area contributed by atoms with Crippen LogP contribution in [0, 0.1) is 0 Å². The van der Waals surface area contributed by atoms with Crippen molar-refractivity contribution in [3.8, 4) is 0 Å². The van der Waals surface area contributed by atoms with E-state index in [2.05, 4.69) is 40.3 Å². The van der Waals surface area contributed by atoms with Gasteiger partial charge in [-0.25, -0.2) is 8.42 Å². The second-order valence-corrected chi connectivity index (χ2v) is 8.04. The predicted molar refractivity (Wildman–Crippen MR) is 77.4 cm³/mol. The molecule has 0 spiro atoms. The Morgan fingerprint density at radius 3 is 2.61 bits per heavy atom. The second-order valence-electron chi connectivity index (χ2n) is 4.89. The molecule has 1 heterocycles. The maximum atomic E-state index is 11.6. The summed E-state index contributed by atoms with van der Waals surface area (Å²) in [7, 11) is -2.84. The first-order valence-electron chi connectivity index (χ1n) is 6.18. The van der Waals surface area contributed by atoms with E-state index in [4.69, 9.17) is 0 Å². The summed E-state index contributed by atoms with van der Waals surface area (Å²) in [6, 6.07) is 8.38. The average molecular weight is 332 g/mol. The molecule has 2 rings (SSSR count). The third kappa shape index (κ3) is 3.80. The van der Waals surface area contributed by atoms with Crippen LogP contribution >= 0.6 is 15.9 Å². The molecule has 0 bridgehead atoms. The molecular formula is C13H18BrNO2S. The predicted octanol–water partition coefficient (Wildman–Crippen LogP) is 2.68. The van der Waals surface area contributed by atoms with Gasteiger partial charge in [0.15, 0.2) is 9.84 Å². The van der Waals surface area contributed by atoms with Crippen molar-refractivity contribution in [3.05, 3.63) is 34.3 Å². The standard InChI is InChI=1S/C13H18BrNO2S/c1-10(11-4-6-12(14)7-5-11)15-13-3-2-8-18(16,17)9-13/h4-7,10,13,15H,2-3,8-9H2,1H3/t10-,13?/m1/s1. The molecule has 1 aliphatic rings. The van der Waals surface area contributed by atoms with E-state index in [0.717, 1.165) is 17.3 Å². The fourth-order valence-electron chi connectivity index (χ4n) is 2.36. The minimum absolute atomic E-state index is 0.0856. The van der Waals surface area contributed by atoms with Gasteiger partial charge in [0, 0.05) is 16.6 Å². The van der Waals surface area contributed by atoms with E-state index < -0.39 is 9.84 Å². The minimum Gasteiger partial charge on any atom is -0.306 e. The normalized spacial score (nSPS) is 24.7. The molecule has 1 N–H and O–H groups in total. The van der Waals surface area contributed by atoms with Crippen molar-refractivity contribution in [2.24, 2.45) is 0 Å². The van der Waals surface area contributed by atoms with Crippen molar-refractivity contribution >= 4 is 25.8 Å². The molecule has 0 aromatic heterocycles. The van der Waals surface area contributed by atoms with E-state index in [1.54, 1.807) is 0 Å². The maximum absolute atomic E-state index is 11.6. The molecule has 1 aromatic rings. The number of rotatable bonds is 3. The first-order valence-corrected chi connectivity index (χ1v) is 8.80. The number of sulfone groups is 1. The highest BCUT2D eigenvalue weighted by molar-refractivity contribution is 9.10. The molecule has 2 atom stereocenters. The molecule has 1 unspecified atom stereocenters. The Morgan fingerprint density at radius 1 is 1.33 bits per heavy atom. The molecule has 5 heteroatoms. The van der Waals surface area contributed by atoms with Crippen molar-refractivity contribution in [2.45, 2.75) is 31.8 Å². The maximum Gasteiger partial charge on any atom is 0.151 e. The Balaban J connectivity index is 1.99. The van der Waals surface area contributed by atoms with Gasteiger partial charge in [0.25, 0.3) is 0 Å². The highest BCUT2D eigenvalue weighted by Crippen LogP contribution is 2.19. The Kier molecular flexibility index (Phi) is 4.45. The number of halogens is 1. The zero-order valence-electron chi connectivity index (χ0n) is 10.4. The molecular weight excluding hydrogens is 314 g/mol. The summed E-state index contributed by atoms with van der Waals surface area (Å²) in [6.07, 6.45) is 1.72. The SMILES string of the molecule is C[C@@H](NC1CCCS(=O)(=O)C1)c1ccc(Br)cc1. The lowest BCUT2D eigenvalue weighted by Crippen LogP contribution is -2.41. The van der Waals surface area contributed by atoms with Gasteiger partial charge in [-0.15, -0.1) is 0 Å². The van der Waals surface area contributed by atoms with E-state index in [9.17, 15) is 8.42 Å². The summed E-state index contributed by atoms with van der Waals surface area (Å²) in [5, 5.41) is 3.42. The lowest BCUT2D eigenvalue weighted by molar-refractivity contribution is 0.437. The fraction of sp³-hybridized carbons (Fsp3) is 0.538. The van der Waals surface area contributed by atoms with Crippen molar-refractivity contribution in [3.63, 3.8) is 0 Å². The van der Waals surface area contributed by atoms with Gasteiger partial charge in [-0.3, -0.25) is 0 Å². The molecule has 1 aromatic carbocycles. The van der Waals surface area contributed by atoms with Crippen LogP contribution in [-0.2, 0) is 9.84 Å². The zero-order valence-corrected chi connectivity index (χ0v) is 12.8. The fourth-order valence-corrected chi connectivity index (χ4v) is 4.27. The Bertz CT molecular complexity index is 498. The van der Waals surface area contributed by atoms with Crippen LogP contribution in [-0.4, -0.2) is 26.0 Å². The average Bonchev–Trinajstić information content (AvgIpc) is 2.28. The molecule has 1 aliphatic heterocycles. The Hall–Kier alpha value is -0.390. The summed E-state index contributed by atoms with van der Waals surface area (Å²) in [6.45, 7) is 2.07. The third-order valence-electron chi connectivity index (χ3n) is 3.32. The van der Waals surface area contributed by atoms with E-state index in [1.807, 2.05) is 12.1 Å². The minimum atomic E-state index is -2.84. The summed E-state index contributed by atoms with van der Waals surface area (Å²) >= 11 is 3.41. The van der Waals surface area contributed by atoms with Gasteiger partial charge in [0.05, 0.1) is 11.5 Å². The van der Waals surface area contributed by atoms with Gasteiger partial charge in [-0.2, -0.15) is 0 Å². The summed E-state index contributed by atoms with van der Waals surface area (Å²) in [5.41, 5.74) is 1.18. The van der Waals surface area contributed by atoms with Crippen LogP contribution in [0.15, 0.2) is 28.7 Å². The van der Waals surface area contributed by atoms with Gasteiger partial charge < -0.3 is 5.32 Å². The number of benzene rings is 1. The third-order valence-corrected chi connectivity index (χ3v) is 5.67. The molecule has 0 saturated carbocycles. The van der Waals surface area contributed by atoms with E-state index in [-0.39, 0.29) is 17.8 Å². The van der Waals surface area contributed by atoms with E-state index in [1.165, 1.54) is 5.56 Å². The summed E-state index contributed by atoms with van der Waals surface area (Å²) in [4.78, 5) is 0. The Labute approximate surface area is 117 Å². The van der Waals surface area contributed by atoms with Crippen LogP contribution in [0.5, 0.6) is 0 Å². The highest BCUT2D eigenvalue weighted by Gasteiger charge is 2.25. The first-order chi connectivity index (χ1) is 8.46. The van der Waals surface area contributed by atoms with Crippen LogP contribution in [0.25, 0.3) is 0 Å². The topological polar surface area (TPSA) is 46.2 Å². The van der Waals surface area contributed by atoms with Crippen LogP contribution in [0.3, 0.4) is 0 Å². The zero-order chi connectivity index (χ0) is 13.2. The first kappa shape index (κ1) is 14.0. The van der Waals surface area contributed by atoms with Crippen molar-refractivity contribution in [2.75, 3.05) is 11.5 Å². The highest BCUT2D eigenvalue weighted by atomic mass is 79.9. The molecule has 0 aliphatic carbocycles.